The second-order valence-electron chi connectivity index (χ2n) is 3.75. The molecule has 1 aromatic heterocycles. The van der Waals surface area contributed by atoms with Crippen molar-refractivity contribution in [3.63, 3.8) is 0 Å². The zero-order valence-corrected chi connectivity index (χ0v) is 9.50. The van der Waals surface area contributed by atoms with Crippen LogP contribution in [0.5, 0.6) is 0 Å². The molecular weight excluding hydrogens is 214 g/mol. The molecule has 5 nitrogen and oxygen atoms in total. The first-order chi connectivity index (χ1) is 7.02. The fourth-order valence-electron chi connectivity index (χ4n) is 1.87. The first kappa shape index (κ1) is 10.4. The van der Waals surface area contributed by atoms with Crippen molar-refractivity contribution in [2.45, 2.75) is 18.1 Å². The largest absolute Gasteiger partial charge is 0.372 e. The van der Waals surface area contributed by atoms with E-state index in [4.69, 9.17) is 0 Å². The van der Waals surface area contributed by atoms with Crippen LogP contribution in [0.25, 0.3) is 0 Å². The van der Waals surface area contributed by atoms with E-state index in [9.17, 15) is 8.42 Å². The molecule has 0 saturated heterocycles. The molecule has 1 atom stereocenters. The van der Waals surface area contributed by atoms with Gasteiger partial charge in [-0.25, -0.2) is 8.42 Å². The summed E-state index contributed by atoms with van der Waals surface area (Å²) < 4.78 is 22.9. The van der Waals surface area contributed by atoms with Crippen LogP contribution in [0.1, 0.15) is 22.9 Å². The van der Waals surface area contributed by atoms with Crippen LogP contribution >= 0.6 is 0 Å². The zero-order chi connectivity index (χ0) is 11.1. The molecule has 1 aromatic rings. The molecule has 1 heterocycles. The minimum atomic E-state index is -3.06. The summed E-state index contributed by atoms with van der Waals surface area (Å²) in [5, 5.41) is 10.3. The van der Waals surface area contributed by atoms with Crippen molar-refractivity contribution in [2.75, 3.05) is 18.6 Å². The molecule has 82 valence electrons. The molecule has 0 aromatic carbocycles. The lowest BCUT2D eigenvalue weighted by atomic mass is 10.2. The van der Waals surface area contributed by atoms with Gasteiger partial charge in [-0.2, -0.15) is 5.10 Å². The van der Waals surface area contributed by atoms with E-state index in [1.165, 1.54) is 6.26 Å². The fourth-order valence-corrected chi connectivity index (χ4v) is 3.02. The maximum absolute atomic E-state index is 11.5. The van der Waals surface area contributed by atoms with Crippen molar-refractivity contribution in [2.24, 2.45) is 0 Å². The van der Waals surface area contributed by atoms with Crippen LogP contribution in [0.3, 0.4) is 0 Å². The van der Waals surface area contributed by atoms with Gasteiger partial charge in [0.25, 0.3) is 0 Å². The smallest absolute Gasteiger partial charge is 0.156 e. The van der Waals surface area contributed by atoms with Gasteiger partial charge in [0.05, 0.1) is 5.69 Å². The van der Waals surface area contributed by atoms with Crippen LogP contribution in [0.15, 0.2) is 6.07 Å². The highest BCUT2D eigenvalue weighted by molar-refractivity contribution is 7.90. The monoisotopic (exact) mass is 227 g/mol. The summed E-state index contributed by atoms with van der Waals surface area (Å²) in [7, 11) is -1.30. The van der Waals surface area contributed by atoms with Crippen molar-refractivity contribution in [3.05, 3.63) is 17.3 Å². The van der Waals surface area contributed by atoms with E-state index < -0.39 is 15.1 Å². The average Bonchev–Trinajstić information content (AvgIpc) is 2.59. The lowest BCUT2D eigenvalue weighted by molar-refractivity contribution is 0.585. The van der Waals surface area contributed by atoms with Gasteiger partial charge in [-0.1, -0.05) is 0 Å². The van der Waals surface area contributed by atoms with Gasteiger partial charge in [0.1, 0.15) is 11.1 Å². The Balaban J connectivity index is 2.45. The third kappa shape index (κ3) is 1.81. The van der Waals surface area contributed by atoms with Crippen LogP contribution < -0.4 is 5.32 Å². The van der Waals surface area contributed by atoms with Crippen molar-refractivity contribution < 1.29 is 8.42 Å². The summed E-state index contributed by atoms with van der Waals surface area (Å²) in [5.74, 6) is 0.683. The van der Waals surface area contributed by atoms with E-state index in [-0.39, 0.29) is 0 Å². The quantitative estimate of drug-likeness (QED) is 0.798. The molecule has 1 N–H and O–H groups in total. The Morgan fingerprint density at radius 2 is 2.20 bits per heavy atom. The van der Waals surface area contributed by atoms with Gasteiger partial charge in [-0.05, 0) is 24.5 Å². The molecule has 0 spiro atoms. The fraction of sp³-hybridized carbons (Fsp3) is 0.556. The molecule has 0 fully saturated rings. The second kappa shape index (κ2) is 3.44. The van der Waals surface area contributed by atoms with Crippen molar-refractivity contribution in [3.8, 4) is 0 Å². The molecule has 0 amide bonds. The minimum absolute atomic E-state index is 0.467. The average molecular weight is 227 g/mol. The number of fused-ring (bicyclic) bond motifs is 1. The number of rotatable bonds is 2. The highest BCUT2D eigenvalue weighted by atomic mass is 32.2. The van der Waals surface area contributed by atoms with Crippen molar-refractivity contribution in [1.82, 2.24) is 10.2 Å². The Bertz CT molecular complexity index is 484. The summed E-state index contributed by atoms with van der Waals surface area (Å²) in [6, 6.07) is 1.87. The number of nitrogens with one attached hydrogen (secondary N) is 1. The molecule has 0 bridgehead atoms. The summed E-state index contributed by atoms with van der Waals surface area (Å²) in [4.78, 5) is 0. The maximum Gasteiger partial charge on any atom is 0.156 e. The minimum Gasteiger partial charge on any atom is -0.372 e. The van der Waals surface area contributed by atoms with Crippen LogP contribution in [-0.2, 0) is 16.3 Å². The number of aryl methyl sites for hydroxylation is 1. The number of anilines is 1. The maximum atomic E-state index is 11.5. The van der Waals surface area contributed by atoms with E-state index >= 15 is 0 Å². The lowest BCUT2D eigenvalue weighted by Crippen LogP contribution is -2.10. The summed E-state index contributed by atoms with van der Waals surface area (Å²) >= 11 is 0. The SMILES string of the molecule is CNc1cc2c(nn1)C(S(C)(=O)=O)CC2. The van der Waals surface area contributed by atoms with Crippen LogP contribution in [-0.4, -0.2) is 31.9 Å². The van der Waals surface area contributed by atoms with Crippen LogP contribution in [0, 0.1) is 0 Å². The normalized spacial score (nSPS) is 20.0. The Labute approximate surface area is 88.8 Å². The Hall–Kier alpha value is -1.17. The van der Waals surface area contributed by atoms with Crippen molar-refractivity contribution in [1.29, 1.82) is 0 Å². The molecule has 1 aliphatic rings. The molecule has 0 aliphatic heterocycles. The molecule has 0 saturated carbocycles. The Morgan fingerprint density at radius 3 is 2.80 bits per heavy atom. The number of sulfone groups is 1. The molecule has 6 heteroatoms. The van der Waals surface area contributed by atoms with E-state index in [0.717, 1.165) is 12.0 Å². The Kier molecular flexibility index (Phi) is 2.38. The third-order valence-corrected chi connectivity index (χ3v) is 4.15. The third-order valence-electron chi connectivity index (χ3n) is 2.66. The molecule has 2 rings (SSSR count). The first-order valence-electron chi connectivity index (χ1n) is 4.75. The lowest BCUT2D eigenvalue weighted by Gasteiger charge is -2.07. The number of hydrogen-bond donors (Lipinski definition) is 1. The van der Waals surface area contributed by atoms with Crippen LogP contribution in [0.4, 0.5) is 5.82 Å². The number of hydrogen-bond acceptors (Lipinski definition) is 5. The highest BCUT2D eigenvalue weighted by Crippen LogP contribution is 2.35. The van der Waals surface area contributed by atoms with Gasteiger partial charge < -0.3 is 5.32 Å². The van der Waals surface area contributed by atoms with E-state index in [1.54, 1.807) is 7.05 Å². The van der Waals surface area contributed by atoms with E-state index in [0.29, 0.717) is 17.9 Å². The Morgan fingerprint density at radius 1 is 1.47 bits per heavy atom. The van der Waals surface area contributed by atoms with Gasteiger partial charge in [0, 0.05) is 13.3 Å². The van der Waals surface area contributed by atoms with E-state index in [2.05, 4.69) is 15.5 Å². The number of aromatic nitrogens is 2. The summed E-state index contributed by atoms with van der Waals surface area (Å²) in [6.45, 7) is 0. The zero-order valence-electron chi connectivity index (χ0n) is 8.69. The highest BCUT2D eigenvalue weighted by Gasteiger charge is 2.32. The first-order valence-corrected chi connectivity index (χ1v) is 6.71. The molecule has 1 aliphatic carbocycles. The molecule has 1 unspecified atom stereocenters. The molecule has 0 radical (unpaired) electrons. The van der Waals surface area contributed by atoms with Crippen molar-refractivity contribution >= 4 is 15.7 Å². The van der Waals surface area contributed by atoms with Gasteiger partial charge in [0.15, 0.2) is 9.84 Å². The predicted octanol–water partition coefficient (Wildman–Crippen LogP) is 0.550. The molecule has 15 heavy (non-hydrogen) atoms. The van der Waals surface area contributed by atoms with Gasteiger partial charge in [-0.15, -0.1) is 5.10 Å². The van der Waals surface area contributed by atoms with Crippen LogP contribution in [0.2, 0.25) is 0 Å². The second-order valence-corrected chi connectivity index (χ2v) is 5.97. The van der Waals surface area contributed by atoms with Gasteiger partial charge >= 0.3 is 0 Å². The standard InChI is InChI=1S/C9H13N3O2S/c1-10-8-5-6-3-4-7(15(2,13)14)9(6)12-11-8/h5,7H,3-4H2,1-2H3,(H,10,11). The predicted molar refractivity (Wildman–Crippen MR) is 57.5 cm³/mol. The van der Waals surface area contributed by atoms with Gasteiger partial charge in [0.2, 0.25) is 0 Å². The summed E-state index contributed by atoms with van der Waals surface area (Å²) in [5.41, 5.74) is 1.61. The summed E-state index contributed by atoms with van der Waals surface area (Å²) in [6.07, 6.45) is 2.63. The van der Waals surface area contributed by atoms with Gasteiger partial charge in [-0.3, -0.25) is 0 Å². The molecular formula is C9H13N3O2S. The van der Waals surface area contributed by atoms with E-state index in [1.807, 2.05) is 6.07 Å². The topological polar surface area (TPSA) is 72.0 Å². The number of nitrogens with zero attached hydrogens (tertiary/aromatic N) is 2.